The normalized spacial score (nSPS) is 18.4. The van der Waals surface area contributed by atoms with E-state index in [0.29, 0.717) is 18.4 Å². The van der Waals surface area contributed by atoms with Crippen molar-refractivity contribution >= 4 is 15.9 Å². The number of carbonyl (C=O) groups is 1. The maximum Gasteiger partial charge on any atom is 0.416 e. The van der Waals surface area contributed by atoms with E-state index in [2.05, 4.69) is 10.5 Å². The summed E-state index contributed by atoms with van der Waals surface area (Å²) in [5.41, 5.74) is 0.0266. The molecule has 1 N–H and O–H groups in total. The van der Waals surface area contributed by atoms with Gasteiger partial charge in [0.2, 0.25) is 15.9 Å². The number of aryl methyl sites for hydroxylation is 2. The molecular formula is C19H22F3N3O4S. The van der Waals surface area contributed by atoms with E-state index in [9.17, 15) is 26.4 Å². The predicted molar refractivity (Wildman–Crippen MR) is 101 cm³/mol. The van der Waals surface area contributed by atoms with Crippen LogP contribution in [-0.4, -0.2) is 36.9 Å². The second kappa shape index (κ2) is 8.38. The fraction of sp³-hybridized carbons (Fsp3) is 0.474. The average molecular weight is 445 g/mol. The predicted octanol–water partition coefficient (Wildman–Crippen LogP) is 3.03. The fourth-order valence-corrected chi connectivity index (χ4v) is 5.31. The van der Waals surface area contributed by atoms with Crippen LogP contribution < -0.4 is 5.32 Å². The molecule has 2 heterocycles. The van der Waals surface area contributed by atoms with E-state index in [-0.39, 0.29) is 41.9 Å². The molecule has 1 amide bonds. The lowest BCUT2D eigenvalue weighted by Crippen LogP contribution is -2.45. The van der Waals surface area contributed by atoms with Crippen LogP contribution in [0.3, 0.4) is 0 Å². The van der Waals surface area contributed by atoms with Crippen LogP contribution in [0.5, 0.6) is 0 Å². The van der Waals surface area contributed by atoms with Crippen LogP contribution in [0.15, 0.2) is 33.7 Å². The number of nitrogens with zero attached hydrogens (tertiary/aromatic N) is 2. The van der Waals surface area contributed by atoms with Crippen LogP contribution >= 0.6 is 0 Å². The second-order valence-corrected chi connectivity index (χ2v) is 9.14. The molecule has 11 heteroatoms. The highest BCUT2D eigenvalue weighted by Crippen LogP contribution is 2.29. The molecule has 1 aromatic carbocycles. The van der Waals surface area contributed by atoms with Gasteiger partial charge in [-0.25, -0.2) is 8.42 Å². The number of hydrogen-bond acceptors (Lipinski definition) is 5. The van der Waals surface area contributed by atoms with Crippen LogP contribution in [0.4, 0.5) is 13.2 Å². The SMILES string of the molecule is Cc1noc(C)c1S(=O)(=O)N1CCC[C@H](C(=O)NCc2ccc(C(F)(F)F)cc2)C1. The molecule has 0 aliphatic carbocycles. The number of halogens is 3. The van der Waals surface area contributed by atoms with E-state index < -0.39 is 27.7 Å². The first-order chi connectivity index (χ1) is 14.0. The Balaban J connectivity index is 1.63. The number of carbonyl (C=O) groups excluding carboxylic acids is 1. The van der Waals surface area contributed by atoms with Gasteiger partial charge in [0.15, 0.2) is 5.76 Å². The molecule has 164 valence electrons. The van der Waals surface area contributed by atoms with Gasteiger partial charge in [0.25, 0.3) is 0 Å². The summed E-state index contributed by atoms with van der Waals surface area (Å²) >= 11 is 0. The van der Waals surface area contributed by atoms with Crippen LogP contribution in [0.1, 0.15) is 35.4 Å². The third kappa shape index (κ3) is 4.67. The van der Waals surface area contributed by atoms with Crippen LogP contribution in [0.2, 0.25) is 0 Å². The number of nitrogens with one attached hydrogen (secondary N) is 1. The number of aromatic nitrogens is 1. The zero-order valence-electron chi connectivity index (χ0n) is 16.5. The highest BCUT2D eigenvalue weighted by molar-refractivity contribution is 7.89. The molecule has 0 spiro atoms. The fourth-order valence-electron chi connectivity index (χ4n) is 3.49. The summed E-state index contributed by atoms with van der Waals surface area (Å²) in [5.74, 6) is -0.696. The van der Waals surface area contributed by atoms with Crippen molar-refractivity contribution in [1.82, 2.24) is 14.8 Å². The minimum absolute atomic E-state index is 0.0191. The average Bonchev–Trinajstić information content (AvgIpc) is 3.04. The zero-order valence-corrected chi connectivity index (χ0v) is 17.3. The molecule has 0 saturated carbocycles. The van der Waals surface area contributed by atoms with Crippen LogP contribution in [0.25, 0.3) is 0 Å². The van der Waals surface area contributed by atoms with Crippen molar-refractivity contribution in [3.63, 3.8) is 0 Å². The first kappa shape index (κ1) is 22.3. The molecule has 0 bridgehead atoms. The third-order valence-electron chi connectivity index (χ3n) is 5.07. The van der Waals surface area contributed by atoms with Crippen LogP contribution in [0, 0.1) is 19.8 Å². The van der Waals surface area contributed by atoms with Crippen molar-refractivity contribution in [2.75, 3.05) is 13.1 Å². The first-order valence-electron chi connectivity index (χ1n) is 9.37. The lowest BCUT2D eigenvalue weighted by atomic mass is 9.98. The summed E-state index contributed by atoms with van der Waals surface area (Å²) in [5, 5.41) is 6.37. The van der Waals surface area contributed by atoms with Gasteiger partial charge in [-0.3, -0.25) is 4.79 Å². The quantitative estimate of drug-likeness (QED) is 0.764. The Morgan fingerprint density at radius 1 is 1.27 bits per heavy atom. The van der Waals surface area contributed by atoms with Crippen molar-refractivity contribution in [2.45, 2.75) is 44.3 Å². The van der Waals surface area contributed by atoms with E-state index in [1.54, 1.807) is 6.92 Å². The Labute approximate surface area is 172 Å². The topological polar surface area (TPSA) is 92.5 Å². The minimum Gasteiger partial charge on any atom is -0.360 e. The Morgan fingerprint density at radius 2 is 1.93 bits per heavy atom. The highest BCUT2D eigenvalue weighted by atomic mass is 32.2. The number of rotatable bonds is 5. The monoisotopic (exact) mass is 445 g/mol. The minimum atomic E-state index is -4.42. The van der Waals surface area contributed by atoms with Gasteiger partial charge in [0, 0.05) is 19.6 Å². The molecule has 1 atom stereocenters. The number of benzene rings is 1. The smallest absolute Gasteiger partial charge is 0.360 e. The van der Waals surface area contributed by atoms with E-state index in [4.69, 9.17) is 4.52 Å². The molecule has 1 aliphatic heterocycles. The Hall–Kier alpha value is -2.40. The van der Waals surface area contributed by atoms with E-state index >= 15 is 0 Å². The molecule has 1 aliphatic rings. The maximum atomic E-state index is 13.0. The van der Waals surface area contributed by atoms with E-state index in [1.165, 1.54) is 23.4 Å². The van der Waals surface area contributed by atoms with E-state index in [1.807, 2.05) is 0 Å². The molecule has 2 aromatic rings. The lowest BCUT2D eigenvalue weighted by Gasteiger charge is -2.31. The second-order valence-electron chi connectivity index (χ2n) is 7.27. The molecule has 0 radical (unpaired) electrons. The molecule has 1 fully saturated rings. The summed E-state index contributed by atoms with van der Waals surface area (Å²) < 4.78 is 70.0. The molecule has 30 heavy (non-hydrogen) atoms. The number of hydrogen-bond donors (Lipinski definition) is 1. The Morgan fingerprint density at radius 3 is 2.50 bits per heavy atom. The number of piperidine rings is 1. The standard InChI is InChI=1S/C19H22F3N3O4S/c1-12-17(13(2)29-24-12)30(27,28)25-9-3-4-15(11-25)18(26)23-10-14-5-7-16(8-6-14)19(20,21)22/h5-8,15H,3-4,9-11H2,1-2H3,(H,23,26)/t15-/m0/s1. The van der Waals surface area contributed by atoms with Gasteiger partial charge in [-0.15, -0.1) is 0 Å². The highest BCUT2D eigenvalue weighted by Gasteiger charge is 2.36. The molecule has 0 unspecified atom stereocenters. The molecule has 1 aromatic heterocycles. The van der Waals surface area contributed by atoms with Crippen LogP contribution in [-0.2, 0) is 27.5 Å². The molecule has 3 rings (SSSR count). The number of amides is 1. The number of alkyl halides is 3. The summed E-state index contributed by atoms with van der Waals surface area (Å²) in [4.78, 5) is 12.6. The Bertz CT molecular complexity index is 997. The van der Waals surface area contributed by atoms with Crippen molar-refractivity contribution in [1.29, 1.82) is 0 Å². The number of sulfonamides is 1. The summed E-state index contributed by atoms with van der Waals surface area (Å²) in [6.45, 7) is 3.43. The van der Waals surface area contributed by atoms with Gasteiger partial charge >= 0.3 is 6.18 Å². The maximum absolute atomic E-state index is 13.0. The largest absolute Gasteiger partial charge is 0.416 e. The van der Waals surface area contributed by atoms with Gasteiger partial charge in [0.05, 0.1) is 11.5 Å². The van der Waals surface area contributed by atoms with Gasteiger partial charge in [-0.2, -0.15) is 17.5 Å². The van der Waals surface area contributed by atoms with Crippen molar-refractivity contribution in [3.8, 4) is 0 Å². The summed E-state index contributed by atoms with van der Waals surface area (Å²) in [7, 11) is -3.84. The van der Waals surface area contributed by atoms with Gasteiger partial charge < -0.3 is 9.84 Å². The van der Waals surface area contributed by atoms with Gasteiger partial charge in [-0.1, -0.05) is 17.3 Å². The Kier molecular flexibility index (Phi) is 6.23. The van der Waals surface area contributed by atoms with Crippen molar-refractivity contribution < 1.29 is 30.9 Å². The first-order valence-corrected chi connectivity index (χ1v) is 10.8. The third-order valence-corrected chi connectivity index (χ3v) is 7.18. The van der Waals surface area contributed by atoms with Gasteiger partial charge in [0.1, 0.15) is 10.6 Å². The van der Waals surface area contributed by atoms with Crippen molar-refractivity contribution in [2.24, 2.45) is 5.92 Å². The molecule has 7 nitrogen and oxygen atoms in total. The van der Waals surface area contributed by atoms with Gasteiger partial charge in [-0.05, 0) is 44.4 Å². The molecular weight excluding hydrogens is 423 g/mol. The molecule has 1 saturated heterocycles. The van der Waals surface area contributed by atoms with Crippen molar-refractivity contribution in [3.05, 3.63) is 46.8 Å². The summed E-state index contributed by atoms with van der Waals surface area (Å²) in [6, 6.07) is 4.52. The zero-order chi connectivity index (χ0) is 22.1. The lowest BCUT2D eigenvalue weighted by molar-refractivity contribution is -0.137. The van der Waals surface area contributed by atoms with E-state index in [0.717, 1.165) is 12.1 Å². The summed E-state index contributed by atoms with van der Waals surface area (Å²) in [6.07, 6.45) is -3.38.